The van der Waals surface area contributed by atoms with Crippen LogP contribution in [-0.2, 0) is 24.4 Å². The van der Waals surface area contributed by atoms with Crippen LogP contribution in [0.2, 0.25) is 0 Å². The molecule has 0 atom stereocenters. The van der Waals surface area contributed by atoms with Gasteiger partial charge in [0.1, 0.15) is 23.6 Å². The van der Waals surface area contributed by atoms with Gasteiger partial charge in [-0.2, -0.15) is 5.26 Å². The molecular weight excluding hydrogens is 462 g/mol. The van der Waals surface area contributed by atoms with Crippen molar-refractivity contribution in [3.8, 4) is 11.8 Å². The Kier molecular flexibility index (Phi) is 6.11. The first-order valence-electron chi connectivity index (χ1n) is 9.94. The first-order valence-corrected chi connectivity index (χ1v) is 10.9. The Labute approximate surface area is 196 Å². The van der Waals surface area contributed by atoms with Gasteiger partial charge in [0.05, 0.1) is 36.8 Å². The zero-order valence-corrected chi connectivity index (χ0v) is 18.3. The molecule has 172 valence electrons. The number of rotatable bonds is 6. The van der Waals surface area contributed by atoms with Crippen LogP contribution in [0.4, 0.5) is 0 Å². The monoisotopic (exact) mass is 479 g/mol. The minimum absolute atomic E-state index is 0.0275. The van der Waals surface area contributed by atoms with Crippen LogP contribution >= 0.6 is 11.3 Å². The van der Waals surface area contributed by atoms with E-state index in [1.165, 1.54) is 26.3 Å². The number of carbonyl (C=O) groups is 3. The fourth-order valence-corrected chi connectivity index (χ4v) is 4.29. The molecule has 1 aromatic carbocycles. The zero-order valence-electron chi connectivity index (χ0n) is 17.5. The van der Waals surface area contributed by atoms with Gasteiger partial charge >= 0.3 is 5.97 Å². The van der Waals surface area contributed by atoms with Gasteiger partial charge in [-0.15, -0.1) is 11.3 Å². The van der Waals surface area contributed by atoms with Gasteiger partial charge in [-0.3, -0.25) is 19.2 Å². The number of carbonyl (C=O) groups excluding carboxylic acids is 2. The van der Waals surface area contributed by atoms with E-state index in [1.54, 1.807) is 29.6 Å². The molecule has 0 spiro atoms. The number of nitrogens with zero attached hydrogens (tertiary/aromatic N) is 4. The number of aromatic nitrogens is 2. The summed E-state index contributed by atoms with van der Waals surface area (Å²) >= 11 is 1.24. The number of aliphatic carboxylic acids is 1. The lowest BCUT2D eigenvalue weighted by Gasteiger charge is -2.16. The minimum Gasteiger partial charge on any atom is -0.506 e. The number of carboxylic acids is 1. The Morgan fingerprint density at radius 1 is 1.24 bits per heavy atom. The van der Waals surface area contributed by atoms with Crippen LogP contribution in [0.25, 0.3) is 0 Å². The van der Waals surface area contributed by atoms with Crippen LogP contribution in [0.5, 0.6) is 5.75 Å². The molecular formula is C22H17N5O6S. The lowest BCUT2D eigenvalue weighted by molar-refractivity contribution is -0.135. The molecule has 2 aromatic heterocycles. The van der Waals surface area contributed by atoms with Crippen LogP contribution < -0.4 is 10.9 Å². The summed E-state index contributed by atoms with van der Waals surface area (Å²) in [6.45, 7) is -0.958. The van der Waals surface area contributed by atoms with E-state index >= 15 is 0 Å². The highest BCUT2D eigenvalue weighted by Gasteiger charge is 2.34. The number of aromatic hydroxyl groups is 1. The molecule has 3 aromatic rings. The fraction of sp³-hybridized carbons (Fsp3) is 0.182. The predicted molar refractivity (Wildman–Crippen MR) is 118 cm³/mol. The predicted octanol–water partition coefficient (Wildman–Crippen LogP) is 0.901. The minimum atomic E-state index is -1.32. The summed E-state index contributed by atoms with van der Waals surface area (Å²) in [6, 6.07) is 8.65. The molecule has 0 bridgehead atoms. The maximum Gasteiger partial charge on any atom is 0.322 e. The molecule has 3 N–H and O–H groups in total. The summed E-state index contributed by atoms with van der Waals surface area (Å²) in [5.74, 6) is -3.40. The summed E-state index contributed by atoms with van der Waals surface area (Å²) in [4.78, 5) is 55.1. The van der Waals surface area contributed by atoms with Gasteiger partial charge < -0.3 is 25.0 Å². The second kappa shape index (κ2) is 9.16. The zero-order chi connectivity index (χ0) is 24.4. The van der Waals surface area contributed by atoms with Crippen molar-refractivity contribution in [1.82, 2.24) is 19.8 Å². The first kappa shape index (κ1) is 22.7. The molecule has 34 heavy (non-hydrogen) atoms. The van der Waals surface area contributed by atoms with E-state index in [4.69, 9.17) is 5.11 Å². The van der Waals surface area contributed by atoms with Crippen molar-refractivity contribution in [3.63, 3.8) is 0 Å². The van der Waals surface area contributed by atoms with E-state index in [1.807, 2.05) is 6.07 Å². The number of fused-ring (bicyclic) bond motifs is 1. The Bertz CT molecular complexity index is 1410. The molecule has 11 nitrogen and oxygen atoms in total. The quantitative estimate of drug-likeness (QED) is 0.469. The molecule has 0 fully saturated rings. The van der Waals surface area contributed by atoms with Crippen molar-refractivity contribution < 1.29 is 24.6 Å². The first-order chi connectivity index (χ1) is 16.3. The third-order valence-electron chi connectivity index (χ3n) is 5.38. The van der Waals surface area contributed by atoms with E-state index in [-0.39, 0.29) is 30.9 Å². The van der Waals surface area contributed by atoms with E-state index in [0.717, 1.165) is 0 Å². The topological polar surface area (TPSA) is 166 Å². The molecule has 0 aliphatic carbocycles. The number of hydrogen-bond acceptors (Lipinski definition) is 8. The maximum absolute atomic E-state index is 13.3. The molecule has 0 saturated heterocycles. The summed E-state index contributed by atoms with van der Waals surface area (Å²) in [5.41, 5.74) is 1.55. The Morgan fingerprint density at radius 3 is 2.68 bits per heavy atom. The number of thiazole rings is 1. The second-order valence-electron chi connectivity index (χ2n) is 7.42. The van der Waals surface area contributed by atoms with Crippen LogP contribution in [0.3, 0.4) is 0 Å². The molecule has 1 aliphatic rings. The van der Waals surface area contributed by atoms with Crippen molar-refractivity contribution in [1.29, 1.82) is 5.26 Å². The summed E-state index contributed by atoms with van der Waals surface area (Å²) in [5, 5.41) is 32.8. The van der Waals surface area contributed by atoms with Crippen molar-refractivity contribution in [2.45, 2.75) is 19.6 Å². The highest BCUT2D eigenvalue weighted by Crippen LogP contribution is 2.33. The molecule has 3 heterocycles. The summed E-state index contributed by atoms with van der Waals surface area (Å²) in [7, 11) is 0. The lowest BCUT2D eigenvalue weighted by atomic mass is 10.1. The van der Waals surface area contributed by atoms with Gasteiger partial charge in [-0.25, -0.2) is 4.98 Å². The van der Waals surface area contributed by atoms with Gasteiger partial charge in [0.15, 0.2) is 0 Å². The Balaban J connectivity index is 1.82. The Morgan fingerprint density at radius 2 is 2.00 bits per heavy atom. The summed E-state index contributed by atoms with van der Waals surface area (Å²) in [6.07, 6.45) is 0. The third-order valence-corrected chi connectivity index (χ3v) is 5.96. The van der Waals surface area contributed by atoms with Gasteiger partial charge in [0, 0.05) is 16.6 Å². The van der Waals surface area contributed by atoms with Crippen LogP contribution in [0, 0.1) is 11.3 Å². The highest BCUT2D eigenvalue weighted by molar-refractivity contribution is 7.07. The highest BCUT2D eigenvalue weighted by atomic mass is 32.1. The van der Waals surface area contributed by atoms with Crippen LogP contribution in [0.1, 0.15) is 43.2 Å². The number of benzene rings is 1. The lowest BCUT2D eigenvalue weighted by Crippen LogP contribution is -2.37. The van der Waals surface area contributed by atoms with E-state index in [0.29, 0.717) is 16.8 Å². The van der Waals surface area contributed by atoms with Crippen molar-refractivity contribution in [3.05, 3.63) is 79.2 Å². The molecule has 4 rings (SSSR count). The number of carboxylic acid groups (broad SMARTS) is 1. The van der Waals surface area contributed by atoms with Gasteiger partial charge in [-0.05, 0) is 11.6 Å². The number of nitrogens with one attached hydrogen (secondary N) is 1. The molecule has 0 radical (unpaired) electrons. The molecule has 12 heteroatoms. The maximum atomic E-state index is 13.3. The SMILES string of the molecule is N#Cc1ccccc1Cn1c2c(c(O)c(C(=O)NCC(=O)O)c1=O)CN(C(=O)c1cscn1)C2. The molecule has 0 unspecified atom stereocenters. The van der Waals surface area contributed by atoms with Gasteiger partial charge in [0.25, 0.3) is 17.4 Å². The van der Waals surface area contributed by atoms with E-state index < -0.39 is 41.2 Å². The number of pyridine rings is 1. The van der Waals surface area contributed by atoms with Crippen molar-refractivity contribution in [2.24, 2.45) is 0 Å². The Hall–Kier alpha value is -4.50. The van der Waals surface area contributed by atoms with E-state index in [9.17, 15) is 29.5 Å². The van der Waals surface area contributed by atoms with Crippen molar-refractivity contribution >= 4 is 29.1 Å². The number of hydrogen-bond donors (Lipinski definition) is 3. The smallest absolute Gasteiger partial charge is 0.322 e. The number of amides is 2. The standard InChI is InChI=1S/C22H17N5O6S/c23-5-12-3-1-2-4-13(12)7-27-16-9-26(21(32)15-10-34-11-25-15)8-14(16)19(30)18(22(27)33)20(31)24-6-17(28)29/h1-4,10-11,30H,6-9H2,(H,24,31)(H,28,29). The van der Waals surface area contributed by atoms with Crippen molar-refractivity contribution in [2.75, 3.05) is 6.54 Å². The molecule has 0 saturated carbocycles. The average molecular weight is 479 g/mol. The average Bonchev–Trinajstić information content (AvgIpc) is 3.51. The van der Waals surface area contributed by atoms with E-state index in [2.05, 4.69) is 10.3 Å². The molecule has 1 aliphatic heterocycles. The molecule has 2 amide bonds. The number of nitriles is 1. The van der Waals surface area contributed by atoms with Crippen LogP contribution in [0.15, 0.2) is 40.0 Å². The fourth-order valence-electron chi connectivity index (χ4n) is 3.76. The second-order valence-corrected chi connectivity index (χ2v) is 8.14. The third kappa shape index (κ3) is 4.12. The summed E-state index contributed by atoms with van der Waals surface area (Å²) < 4.78 is 1.23. The van der Waals surface area contributed by atoms with Gasteiger partial charge in [-0.1, -0.05) is 18.2 Å². The normalized spacial score (nSPS) is 12.1. The largest absolute Gasteiger partial charge is 0.506 e. The van der Waals surface area contributed by atoms with Crippen LogP contribution in [-0.4, -0.2) is 49.0 Å². The van der Waals surface area contributed by atoms with Gasteiger partial charge in [0.2, 0.25) is 0 Å².